The molecule has 0 aliphatic carbocycles. The topological polar surface area (TPSA) is 110 Å². The van der Waals surface area contributed by atoms with E-state index in [1.54, 1.807) is 37.3 Å². The van der Waals surface area contributed by atoms with Gasteiger partial charge in [0, 0.05) is 4.92 Å². The lowest BCUT2D eigenvalue weighted by Crippen LogP contribution is -2.46. The van der Waals surface area contributed by atoms with Crippen molar-refractivity contribution in [2.75, 3.05) is 6.54 Å². The summed E-state index contributed by atoms with van der Waals surface area (Å²) in [6.07, 6.45) is -3.45. The van der Waals surface area contributed by atoms with E-state index in [1.165, 1.54) is 0 Å². The molecule has 0 bridgehead atoms. The Kier molecular flexibility index (Phi) is 4.18. The number of nitrogens with zero attached hydrogens (tertiary/aromatic N) is 2. The molecule has 1 N–H and O–H groups in total. The molecule has 0 aromatic heterocycles. The number of hydrogen-bond donors (Lipinski definition) is 1. The third-order valence-corrected chi connectivity index (χ3v) is 3.24. The predicted octanol–water partition coefficient (Wildman–Crippen LogP) is 0.733. The van der Waals surface area contributed by atoms with Gasteiger partial charge in [0.1, 0.15) is 6.10 Å². The molecule has 2 rings (SSSR count). The molecule has 1 unspecified atom stereocenters. The predicted molar refractivity (Wildman–Crippen MR) is 69.8 cm³/mol. The summed E-state index contributed by atoms with van der Waals surface area (Å²) in [5, 5.41) is 19.8. The summed E-state index contributed by atoms with van der Waals surface area (Å²) < 4.78 is 5.13. The molecule has 1 aromatic carbocycles. The minimum Gasteiger partial charge on any atom is -0.439 e. The Morgan fingerprint density at radius 3 is 2.67 bits per heavy atom. The SMILES string of the molecule is C[C@@H]1[C@H](c2ccccc2)OC(=O)N1C(=O)C(O)C[N+](=O)[O-]. The molecule has 1 heterocycles. The van der Waals surface area contributed by atoms with Crippen LogP contribution in [0.5, 0.6) is 0 Å². The van der Waals surface area contributed by atoms with E-state index in [9.17, 15) is 24.8 Å². The summed E-state index contributed by atoms with van der Waals surface area (Å²) in [5.74, 6) is -1.03. The van der Waals surface area contributed by atoms with Crippen molar-refractivity contribution in [3.63, 3.8) is 0 Å². The highest BCUT2D eigenvalue weighted by Gasteiger charge is 2.45. The zero-order chi connectivity index (χ0) is 15.6. The normalized spacial score (nSPS) is 22.8. The number of aliphatic hydroxyl groups is 1. The number of amides is 2. The summed E-state index contributed by atoms with van der Waals surface area (Å²) in [5.41, 5.74) is 0.706. The van der Waals surface area contributed by atoms with E-state index < -0.39 is 41.7 Å². The molecular formula is C13H14N2O6. The Morgan fingerprint density at radius 2 is 2.10 bits per heavy atom. The van der Waals surface area contributed by atoms with Gasteiger partial charge in [0.15, 0.2) is 6.10 Å². The van der Waals surface area contributed by atoms with Gasteiger partial charge in [-0.3, -0.25) is 14.9 Å². The van der Waals surface area contributed by atoms with Gasteiger partial charge in [-0.25, -0.2) is 9.69 Å². The largest absolute Gasteiger partial charge is 0.439 e. The van der Waals surface area contributed by atoms with Crippen LogP contribution in [-0.2, 0) is 9.53 Å². The fourth-order valence-corrected chi connectivity index (χ4v) is 2.23. The van der Waals surface area contributed by atoms with E-state index in [-0.39, 0.29) is 0 Å². The molecule has 2 amide bonds. The molecule has 112 valence electrons. The van der Waals surface area contributed by atoms with Gasteiger partial charge in [-0.1, -0.05) is 30.3 Å². The Balaban J connectivity index is 2.17. The monoisotopic (exact) mass is 294 g/mol. The summed E-state index contributed by atoms with van der Waals surface area (Å²) >= 11 is 0. The third kappa shape index (κ3) is 3.00. The van der Waals surface area contributed by atoms with Crippen molar-refractivity contribution < 1.29 is 24.4 Å². The second-order valence-electron chi connectivity index (χ2n) is 4.69. The molecule has 8 heteroatoms. The van der Waals surface area contributed by atoms with Crippen LogP contribution in [0.2, 0.25) is 0 Å². The van der Waals surface area contributed by atoms with Gasteiger partial charge in [-0.15, -0.1) is 0 Å². The lowest BCUT2D eigenvalue weighted by Gasteiger charge is -2.20. The van der Waals surface area contributed by atoms with E-state index in [2.05, 4.69) is 0 Å². The van der Waals surface area contributed by atoms with Crippen LogP contribution in [0.1, 0.15) is 18.6 Å². The number of carbonyl (C=O) groups excluding carboxylic acids is 2. The van der Waals surface area contributed by atoms with Gasteiger partial charge in [-0.2, -0.15) is 0 Å². The lowest BCUT2D eigenvalue weighted by molar-refractivity contribution is -0.487. The first-order chi connectivity index (χ1) is 9.91. The van der Waals surface area contributed by atoms with Crippen molar-refractivity contribution in [2.45, 2.75) is 25.2 Å². The number of nitro groups is 1. The van der Waals surface area contributed by atoms with Crippen LogP contribution in [0.4, 0.5) is 4.79 Å². The zero-order valence-electron chi connectivity index (χ0n) is 11.2. The minimum absolute atomic E-state index is 0.659. The lowest BCUT2D eigenvalue weighted by atomic mass is 10.0. The fourth-order valence-electron chi connectivity index (χ4n) is 2.23. The van der Waals surface area contributed by atoms with E-state index in [0.717, 1.165) is 4.90 Å². The van der Waals surface area contributed by atoms with Gasteiger partial charge in [-0.05, 0) is 12.5 Å². The number of ether oxygens (including phenoxy) is 1. The van der Waals surface area contributed by atoms with Crippen LogP contribution in [-0.4, -0.2) is 45.6 Å². The van der Waals surface area contributed by atoms with Gasteiger partial charge in [0.2, 0.25) is 6.54 Å². The fraction of sp³-hybridized carbons (Fsp3) is 0.385. The summed E-state index contributed by atoms with van der Waals surface area (Å²) in [7, 11) is 0. The first kappa shape index (κ1) is 14.9. The number of rotatable bonds is 4. The molecule has 0 radical (unpaired) electrons. The molecule has 8 nitrogen and oxygen atoms in total. The highest BCUT2D eigenvalue weighted by molar-refractivity contribution is 5.96. The van der Waals surface area contributed by atoms with E-state index >= 15 is 0 Å². The average molecular weight is 294 g/mol. The molecule has 3 atom stereocenters. The number of benzene rings is 1. The molecule has 1 aliphatic rings. The van der Waals surface area contributed by atoms with Gasteiger partial charge < -0.3 is 9.84 Å². The van der Waals surface area contributed by atoms with Crippen LogP contribution >= 0.6 is 0 Å². The second kappa shape index (κ2) is 5.88. The summed E-state index contributed by atoms with van der Waals surface area (Å²) in [6.45, 7) is 0.630. The summed E-state index contributed by atoms with van der Waals surface area (Å²) in [4.78, 5) is 34.0. The maximum Gasteiger partial charge on any atom is 0.417 e. The van der Waals surface area contributed by atoms with Gasteiger partial charge >= 0.3 is 6.09 Å². The minimum atomic E-state index is -1.87. The average Bonchev–Trinajstić information content (AvgIpc) is 2.73. The Hall–Kier alpha value is -2.48. The highest BCUT2D eigenvalue weighted by atomic mass is 16.6. The molecule has 1 aromatic rings. The smallest absolute Gasteiger partial charge is 0.417 e. The quantitative estimate of drug-likeness (QED) is 0.647. The number of aliphatic hydroxyl groups excluding tert-OH is 1. The molecule has 0 spiro atoms. The molecule has 1 saturated heterocycles. The van der Waals surface area contributed by atoms with Crippen molar-refractivity contribution in [3.05, 3.63) is 46.0 Å². The number of cyclic esters (lactones) is 1. The second-order valence-corrected chi connectivity index (χ2v) is 4.69. The van der Waals surface area contributed by atoms with Gasteiger partial charge in [0.25, 0.3) is 5.91 Å². The number of imide groups is 1. The van der Waals surface area contributed by atoms with Gasteiger partial charge in [0.05, 0.1) is 6.04 Å². The maximum absolute atomic E-state index is 11.9. The van der Waals surface area contributed by atoms with E-state index in [1.807, 2.05) is 0 Å². The molecule has 1 aliphatic heterocycles. The van der Waals surface area contributed by atoms with Crippen molar-refractivity contribution in [3.8, 4) is 0 Å². The van der Waals surface area contributed by atoms with Crippen LogP contribution in [0, 0.1) is 10.1 Å². The van der Waals surface area contributed by atoms with E-state index in [0.29, 0.717) is 5.56 Å². The van der Waals surface area contributed by atoms with Crippen molar-refractivity contribution >= 4 is 12.0 Å². The first-order valence-electron chi connectivity index (χ1n) is 6.30. The summed E-state index contributed by atoms with van der Waals surface area (Å²) in [6, 6.07) is 8.17. The number of carbonyl (C=O) groups is 2. The standard InChI is InChI=1S/C13H14N2O6/c1-8-11(9-5-3-2-4-6-9)21-13(18)15(8)12(17)10(16)7-14(19)20/h2-6,8,10-11,16H,7H2,1H3/t8-,10?,11-/m1/s1. The molecule has 0 saturated carbocycles. The number of hydrogen-bond acceptors (Lipinski definition) is 6. The van der Waals surface area contributed by atoms with Crippen LogP contribution in [0.3, 0.4) is 0 Å². The van der Waals surface area contributed by atoms with Crippen LogP contribution in [0.15, 0.2) is 30.3 Å². The van der Waals surface area contributed by atoms with Crippen molar-refractivity contribution in [2.24, 2.45) is 0 Å². The van der Waals surface area contributed by atoms with Crippen LogP contribution < -0.4 is 0 Å². The third-order valence-electron chi connectivity index (χ3n) is 3.24. The Bertz CT molecular complexity index is 561. The Morgan fingerprint density at radius 1 is 1.48 bits per heavy atom. The van der Waals surface area contributed by atoms with Crippen molar-refractivity contribution in [1.29, 1.82) is 0 Å². The van der Waals surface area contributed by atoms with Crippen LogP contribution in [0.25, 0.3) is 0 Å². The molecular weight excluding hydrogens is 280 g/mol. The van der Waals surface area contributed by atoms with Crippen molar-refractivity contribution in [1.82, 2.24) is 4.90 Å². The Labute approximate surface area is 120 Å². The molecule has 21 heavy (non-hydrogen) atoms. The first-order valence-corrected chi connectivity index (χ1v) is 6.30. The molecule has 1 fully saturated rings. The van der Waals surface area contributed by atoms with E-state index in [4.69, 9.17) is 4.74 Å². The highest BCUT2D eigenvalue weighted by Crippen LogP contribution is 2.32. The zero-order valence-corrected chi connectivity index (χ0v) is 11.2. The maximum atomic E-state index is 11.9.